The molecule has 0 aromatic heterocycles. The summed E-state index contributed by atoms with van der Waals surface area (Å²) in [6.45, 7) is 0. The average molecular weight is 311 g/mol. The molecule has 1 unspecified atom stereocenters. The lowest BCUT2D eigenvalue weighted by Crippen LogP contribution is -2.41. The Morgan fingerprint density at radius 2 is 1.70 bits per heavy atom. The second-order valence-corrected chi connectivity index (χ2v) is 5.01. The maximum Gasteiger partial charge on any atom is 0.326 e. The van der Waals surface area contributed by atoms with Crippen molar-refractivity contribution in [1.29, 1.82) is 0 Å². The number of aliphatic carboxylic acids is 1. The van der Waals surface area contributed by atoms with Crippen molar-refractivity contribution in [3.8, 4) is 5.75 Å². The number of carboxylic acid groups (broad SMARTS) is 1. The molecule has 0 fully saturated rings. The lowest BCUT2D eigenvalue weighted by atomic mass is 10.1. The number of carbonyl (C=O) groups is 2. The van der Waals surface area contributed by atoms with Crippen LogP contribution >= 0.6 is 0 Å². The Balaban J connectivity index is 1.98. The summed E-state index contributed by atoms with van der Waals surface area (Å²) in [5, 5.41) is 20.9. The lowest BCUT2D eigenvalue weighted by molar-refractivity contribution is -0.141. The van der Waals surface area contributed by atoms with Gasteiger partial charge in [-0.15, -0.1) is 0 Å². The first-order valence-corrected chi connectivity index (χ1v) is 7.09. The van der Waals surface area contributed by atoms with Crippen LogP contribution in [0.15, 0.2) is 60.7 Å². The van der Waals surface area contributed by atoms with E-state index in [1.807, 2.05) is 30.3 Å². The number of phenolic OH excluding ortho intramolecular Hbond substituents is 1. The van der Waals surface area contributed by atoms with Gasteiger partial charge in [0.15, 0.2) is 0 Å². The summed E-state index contributed by atoms with van der Waals surface area (Å²) in [6, 6.07) is 14.4. The van der Waals surface area contributed by atoms with Gasteiger partial charge in [-0.1, -0.05) is 42.5 Å². The minimum atomic E-state index is -1.11. The van der Waals surface area contributed by atoms with E-state index in [0.29, 0.717) is 5.56 Å². The second-order valence-electron chi connectivity index (χ2n) is 5.01. The summed E-state index contributed by atoms with van der Waals surface area (Å²) in [4.78, 5) is 23.2. The van der Waals surface area contributed by atoms with E-state index >= 15 is 0 Å². The third kappa shape index (κ3) is 5.32. The van der Waals surface area contributed by atoms with Crippen LogP contribution in [-0.2, 0) is 16.0 Å². The molecule has 0 saturated heterocycles. The number of rotatable bonds is 6. The van der Waals surface area contributed by atoms with Gasteiger partial charge in [-0.05, 0) is 29.3 Å². The Bertz CT molecular complexity index is 693. The molecule has 0 spiro atoms. The third-order valence-electron chi connectivity index (χ3n) is 3.22. The largest absolute Gasteiger partial charge is 0.508 e. The minimum absolute atomic E-state index is 0.107. The van der Waals surface area contributed by atoms with E-state index in [0.717, 1.165) is 5.56 Å². The zero-order chi connectivity index (χ0) is 16.7. The van der Waals surface area contributed by atoms with E-state index in [-0.39, 0.29) is 12.2 Å². The van der Waals surface area contributed by atoms with Gasteiger partial charge in [-0.3, -0.25) is 4.79 Å². The van der Waals surface area contributed by atoms with Crippen LogP contribution in [0.1, 0.15) is 11.1 Å². The molecule has 1 amide bonds. The third-order valence-corrected chi connectivity index (χ3v) is 3.22. The Morgan fingerprint density at radius 1 is 1.04 bits per heavy atom. The van der Waals surface area contributed by atoms with Crippen LogP contribution < -0.4 is 5.32 Å². The Morgan fingerprint density at radius 3 is 2.30 bits per heavy atom. The van der Waals surface area contributed by atoms with E-state index in [1.54, 1.807) is 18.2 Å². The van der Waals surface area contributed by atoms with Gasteiger partial charge in [0, 0.05) is 12.5 Å². The summed E-state index contributed by atoms with van der Waals surface area (Å²) in [7, 11) is 0. The molecule has 1 atom stereocenters. The SMILES string of the molecule is O=C(C=Cc1ccccc1)NC(Cc1ccc(O)cc1)C(=O)O. The monoisotopic (exact) mass is 311 g/mol. The zero-order valence-corrected chi connectivity index (χ0v) is 12.3. The molecule has 0 radical (unpaired) electrons. The topological polar surface area (TPSA) is 86.6 Å². The fourth-order valence-corrected chi connectivity index (χ4v) is 2.02. The van der Waals surface area contributed by atoms with Crippen molar-refractivity contribution >= 4 is 18.0 Å². The van der Waals surface area contributed by atoms with Crippen molar-refractivity contribution in [2.45, 2.75) is 12.5 Å². The van der Waals surface area contributed by atoms with Crippen LogP contribution in [0.5, 0.6) is 5.75 Å². The fraction of sp³-hybridized carbons (Fsp3) is 0.111. The van der Waals surface area contributed by atoms with Crippen LogP contribution in [0.4, 0.5) is 0 Å². The van der Waals surface area contributed by atoms with Gasteiger partial charge in [0.1, 0.15) is 11.8 Å². The van der Waals surface area contributed by atoms with Crippen molar-refractivity contribution in [3.05, 3.63) is 71.8 Å². The molecular weight excluding hydrogens is 294 g/mol. The van der Waals surface area contributed by atoms with Gasteiger partial charge in [-0.2, -0.15) is 0 Å². The van der Waals surface area contributed by atoms with E-state index < -0.39 is 17.9 Å². The summed E-state index contributed by atoms with van der Waals surface area (Å²) in [5.41, 5.74) is 1.57. The lowest BCUT2D eigenvalue weighted by Gasteiger charge is -2.13. The molecule has 2 rings (SSSR count). The number of carbonyl (C=O) groups excluding carboxylic acids is 1. The first kappa shape index (κ1) is 16.3. The van der Waals surface area contributed by atoms with Crippen LogP contribution in [0.3, 0.4) is 0 Å². The Labute approximate surface area is 133 Å². The van der Waals surface area contributed by atoms with Gasteiger partial charge < -0.3 is 15.5 Å². The number of aromatic hydroxyl groups is 1. The first-order chi connectivity index (χ1) is 11.0. The molecule has 3 N–H and O–H groups in total. The van der Waals surface area contributed by atoms with Crippen LogP contribution in [0, 0.1) is 0 Å². The van der Waals surface area contributed by atoms with Crippen LogP contribution in [-0.4, -0.2) is 28.1 Å². The van der Waals surface area contributed by atoms with Gasteiger partial charge in [0.2, 0.25) is 5.91 Å². The number of phenols is 1. The molecule has 0 saturated carbocycles. The van der Waals surface area contributed by atoms with E-state index in [1.165, 1.54) is 18.2 Å². The maximum atomic E-state index is 11.9. The van der Waals surface area contributed by atoms with Crippen LogP contribution in [0.25, 0.3) is 6.08 Å². The van der Waals surface area contributed by atoms with Gasteiger partial charge >= 0.3 is 5.97 Å². The van der Waals surface area contributed by atoms with Gasteiger partial charge in [0.05, 0.1) is 0 Å². The highest BCUT2D eigenvalue weighted by Gasteiger charge is 2.19. The number of carboxylic acids is 1. The minimum Gasteiger partial charge on any atom is -0.508 e. The molecule has 0 heterocycles. The number of nitrogens with one attached hydrogen (secondary N) is 1. The standard InChI is InChI=1S/C18H17NO4/c20-15-9-6-14(7-10-15)12-16(18(22)23)19-17(21)11-8-13-4-2-1-3-5-13/h1-11,16,20H,12H2,(H,19,21)(H,22,23). The predicted molar refractivity (Wildman–Crippen MR) is 86.9 cm³/mol. The smallest absolute Gasteiger partial charge is 0.326 e. The van der Waals surface area contributed by atoms with Crippen molar-refractivity contribution in [1.82, 2.24) is 5.32 Å². The molecule has 0 aliphatic carbocycles. The number of hydrogen-bond acceptors (Lipinski definition) is 3. The Hall–Kier alpha value is -3.08. The molecule has 0 aliphatic rings. The van der Waals surface area contributed by atoms with Crippen LogP contribution in [0.2, 0.25) is 0 Å². The fourth-order valence-electron chi connectivity index (χ4n) is 2.02. The normalized spacial score (nSPS) is 12.0. The van der Waals surface area contributed by atoms with E-state index in [9.17, 15) is 19.8 Å². The number of amides is 1. The maximum absolute atomic E-state index is 11.9. The first-order valence-electron chi connectivity index (χ1n) is 7.09. The highest BCUT2D eigenvalue weighted by atomic mass is 16.4. The average Bonchev–Trinajstić information content (AvgIpc) is 2.55. The summed E-state index contributed by atoms with van der Waals surface area (Å²) in [5.74, 6) is -1.48. The highest BCUT2D eigenvalue weighted by Crippen LogP contribution is 2.11. The van der Waals surface area contributed by atoms with Crippen molar-refractivity contribution in [2.75, 3.05) is 0 Å². The molecular formula is C18H17NO4. The molecule has 0 bridgehead atoms. The van der Waals surface area contributed by atoms with Crippen molar-refractivity contribution in [2.24, 2.45) is 0 Å². The molecule has 118 valence electrons. The zero-order valence-electron chi connectivity index (χ0n) is 12.3. The second kappa shape index (κ2) is 7.79. The van der Waals surface area contributed by atoms with Crippen molar-refractivity contribution < 1.29 is 19.8 Å². The molecule has 0 aliphatic heterocycles. The van der Waals surface area contributed by atoms with E-state index in [2.05, 4.69) is 5.32 Å². The molecule has 23 heavy (non-hydrogen) atoms. The quantitative estimate of drug-likeness (QED) is 0.714. The molecule has 5 heteroatoms. The van der Waals surface area contributed by atoms with Gasteiger partial charge in [-0.25, -0.2) is 4.79 Å². The number of hydrogen-bond donors (Lipinski definition) is 3. The molecule has 2 aromatic rings. The predicted octanol–water partition coefficient (Wildman–Crippen LogP) is 2.22. The number of benzene rings is 2. The summed E-state index contributed by atoms with van der Waals surface area (Å²) < 4.78 is 0. The van der Waals surface area contributed by atoms with E-state index in [4.69, 9.17) is 0 Å². The molecule has 2 aromatic carbocycles. The van der Waals surface area contributed by atoms with Gasteiger partial charge in [0.25, 0.3) is 0 Å². The summed E-state index contributed by atoms with van der Waals surface area (Å²) in [6.07, 6.45) is 3.07. The Kier molecular flexibility index (Phi) is 5.52. The van der Waals surface area contributed by atoms with Crippen molar-refractivity contribution in [3.63, 3.8) is 0 Å². The molecule has 5 nitrogen and oxygen atoms in total. The highest BCUT2D eigenvalue weighted by molar-refractivity contribution is 5.94. The summed E-state index contributed by atoms with van der Waals surface area (Å²) >= 11 is 0.